The quantitative estimate of drug-likeness (QED) is 0.917. The molecular formula is C15H20N2O2. The molecule has 0 radical (unpaired) electrons. The molecule has 1 aliphatic rings. The fraction of sp³-hybridized carbons (Fsp3) is 0.533. The van der Waals surface area contributed by atoms with Gasteiger partial charge in [-0.15, -0.1) is 0 Å². The second-order valence-electron chi connectivity index (χ2n) is 5.12. The minimum atomic E-state index is 0.414. The lowest BCUT2D eigenvalue weighted by Gasteiger charge is -2.29. The lowest BCUT2D eigenvalue weighted by molar-refractivity contribution is 0.0540. The van der Waals surface area contributed by atoms with Crippen molar-refractivity contribution in [3.8, 4) is 0 Å². The predicted molar refractivity (Wildman–Crippen MR) is 74.1 cm³/mol. The van der Waals surface area contributed by atoms with Crippen LogP contribution in [-0.2, 0) is 11.2 Å². The Balaban J connectivity index is 1.74. The number of benzene rings is 1. The minimum absolute atomic E-state index is 0.414. The van der Waals surface area contributed by atoms with E-state index < -0.39 is 0 Å². The van der Waals surface area contributed by atoms with Gasteiger partial charge in [-0.25, -0.2) is 4.98 Å². The minimum Gasteiger partial charge on any atom is -0.441 e. The van der Waals surface area contributed by atoms with Gasteiger partial charge in [-0.1, -0.05) is 12.1 Å². The molecule has 0 amide bonds. The van der Waals surface area contributed by atoms with Crippen molar-refractivity contribution in [3.05, 3.63) is 30.2 Å². The number of rotatable bonds is 4. The molecular weight excluding hydrogens is 240 g/mol. The average molecular weight is 260 g/mol. The van der Waals surface area contributed by atoms with Gasteiger partial charge in [0.25, 0.3) is 0 Å². The number of likely N-dealkylation sites (N-methyl/N-ethyl adjacent to an activating group) is 1. The Hall–Kier alpha value is -1.39. The Labute approximate surface area is 113 Å². The van der Waals surface area contributed by atoms with Gasteiger partial charge in [0.05, 0.1) is 0 Å². The number of aromatic nitrogens is 1. The maximum absolute atomic E-state index is 5.81. The fourth-order valence-corrected chi connectivity index (χ4v) is 2.82. The number of oxazole rings is 1. The lowest BCUT2D eigenvalue weighted by atomic mass is 9.90. The van der Waals surface area contributed by atoms with Crippen molar-refractivity contribution in [2.75, 3.05) is 20.3 Å². The van der Waals surface area contributed by atoms with E-state index in [1.54, 1.807) is 0 Å². The van der Waals surface area contributed by atoms with E-state index in [0.29, 0.717) is 12.0 Å². The van der Waals surface area contributed by atoms with Gasteiger partial charge in [0.2, 0.25) is 0 Å². The molecule has 0 bridgehead atoms. The van der Waals surface area contributed by atoms with Crippen molar-refractivity contribution in [1.29, 1.82) is 0 Å². The molecule has 102 valence electrons. The molecule has 3 rings (SSSR count). The summed E-state index contributed by atoms with van der Waals surface area (Å²) < 4.78 is 11.2. The number of nitrogens with zero attached hydrogens (tertiary/aromatic N) is 1. The summed E-state index contributed by atoms with van der Waals surface area (Å²) in [6.45, 7) is 1.74. The van der Waals surface area contributed by atoms with Gasteiger partial charge < -0.3 is 14.5 Å². The molecule has 2 aromatic rings. The third kappa shape index (κ3) is 2.80. The molecule has 4 heteroatoms. The van der Waals surface area contributed by atoms with Crippen LogP contribution in [0.2, 0.25) is 0 Å². The normalized spacial score (nSPS) is 18.8. The Morgan fingerprint density at radius 3 is 2.84 bits per heavy atom. The van der Waals surface area contributed by atoms with E-state index in [2.05, 4.69) is 10.3 Å². The van der Waals surface area contributed by atoms with Gasteiger partial charge in [-0.3, -0.25) is 0 Å². The molecule has 1 N–H and O–H groups in total. The van der Waals surface area contributed by atoms with Gasteiger partial charge in [-0.05, 0) is 37.9 Å². The number of para-hydroxylation sites is 2. The van der Waals surface area contributed by atoms with E-state index in [0.717, 1.165) is 49.5 Å². The van der Waals surface area contributed by atoms with E-state index in [4.69, 9.17) is 9.15 Å². The van der Waals surface area contributed by atoms with Gasteiger partial charge in [0, 0.05) is 25.7 Å². The van der Waals surface area contributed by atoms with Gasteiger partial charge in [0.15, 0.2) is 11.5 Å². The topological polar surface area (TPSA) is 47.3 Å². The van der Waals surface area contributed by atoms with Crippen LogP contribution in [0, 0.1) is 5.92 Å². The molecule has 1 atom stereocenters. The molecule has 1 fully saturated rings. The Morgan fingerprint density at radius 1 is 1.32 bits per heavy atom. The molecule has 1 aromatic heterocycles. The number of hydrogen-bond acceptors (Lipinski definition) is 4. The summed E-state index contributed by atoms with van der Waals surface area (Å²) in [6.07, 6.45) is 3.08. The summed E-state index contributed by atoms with van der Waals surface area (Å²) in [5.74, 6) is 1.47. The average Bonchev–Trinajstić information content (AvgIpc) is 2.88. The van der Waals surface area contributed by atoms with Crippen molar-refractivity contribution in [2.45, 2.75) is 25.3 Å². The van der Waals surface area contributed by atoms with Crippen LogP contribution in [0.5, 0.6) is 0 Å². The van der Waals surface area contributed by atoms with Crippen LogP contribution >= 0.6 is 0 Å². The molecule has 0 saturated carbocycles. The van der Waals surface area contributed by atoms with Crippen molar-refractivity contribution < 1.29 is 9.15 Å². The maximum Gasteiger partial charge on any atom is 0.197 e. The molecule has 4 nitrogen and oxygen atoms in total. The first-order valence-corrected chi connectivity index (χ1v) is 6.96. The Bertz CT molecular complexity index is 499. The number of nitrogens with one attached hydrogen (secondary N) is 1. The zero-order valence-corrected chi connectivity index (χ0v) is 11.3. The van der Waals surface area contributed by atoms with Crippen LogP contribution < -0.4 is 5.32 Å². The van der Waals surface area contributed by atoms with E-state index in [9.17, 15) is 0 Å². The number of hydrogen-bond donors (Lipinski definition) is 1. The summed E-state index contributed by atoms with van der Waals surface area (Å²) >= 11 is 0. The third-order valence-corrected chi connectivity index (χ3v) is 3.94. The predicted octanol–water partition coefficient (Wildman–Crippen LogP) is 2.38. The summed E-state index contributed by atoms with van der Waals surface area (Å²) in [7, 11) is 2.02. The van der Waals surface area contributed by atoms with Crippen LogP contribution in [0.3, 0.4) is 0 Å². The summed E-state index contributed by atoms with van der Waals surface area (Å²) in [5, 5.41) is 3.41. The SMILES string of the molecule is CNC(Cc1nc2ccccc2o1)C1CCOCC1. The molecule has 19 heavy (non-hydrogen) atoms. The first kappa shape index (κ1) is 12.6. The van der Waals surface area contributed by atoms with Crippen LogP contribution in [0.4, 0.5) is 0 Å². The highest BCUT2D eigenvalue weighted by molar-refractivity contribution is 5.72. The highest BCUT2D eigenvalue weighted by atomic mass is 16.5. The summed E-state index contributed by atoms with van der Waals surface area (Å²) in [6, 6.07) is 8.34. The van der Waals surface area contributed by atoms with Crippen molar-refractivity contribution in [2.24, 2.45) is 5.92 Å². The summed E-state index contributed by atoms with van der Waals surface area (Å²) in [5.41, 5.74) is 1.82. The highest BCUT2D eigenvalue weighted by Crippen LogP contribution is 2.23. The largest absolute Gasteiger partial charge is 0.441 e. The number of ether oxygens (including phenoxy) is 1. The summed E-state index contributed by atoms with van der Waals surface area (Å²) in [4.78, 5) is 4.56. The van der Waals surface area contributed by atoms with Crippen LogP contribution in [0.15, 0.2) is 28.7 Å². The maximum atomic E-state index is 5.81. The zero-order valence-electron chi connectivity index (χ0n) is 11.3. The standard InChI is InChI=1S/C15H20N2O2/c1-16-13(11-6-8-18-9-7-11)10-15-17-12-4-2-3-5-14(12)19-15/h2-5,11,13,16H,6-10H2,1H3. The molecule has 2 heterocycles. The van der Waals surface area contributed by atoms with Crippen molar-refractivity contribution in [3.63, 3.8) is 0 Å². The van der Waals surface area contributed by atoms with E-state index >= 15 is 0 Å². The third-order valence-electron chi connectivity index (χ3n) is 3.94. The number of fused-ring (bicyclic) bond motifs is 1. The van der Waals surface area contributed by atoms with Crippen molar-refractivity contribution >= 4 is 11.1 Å². The van der Waals surface area contributed by atoms with Crippen molar-refractivity contribution in [1.82, 2.24) is 10.3 Å². The fourth-order valence-electron chi connectivity index (χ4n) is 2.82. The highest BCUT2D eigenvalue weighted by Gasteiger charge is 2.24. The molecule has 1 aliphatic heterocycles. The molecule has 1 unspecified atom stereocenters. The second-order valence-corrected chi connectivity index (χ2v) is 5.12. The van der Waals surface area contributed by atoms with Crippen LogP contribution in [0.25, 0.3) is 11.1 Å². The van der Waals surface area contributed by atoms with Gasteiger partial charge in [0.1, 0.15) is 5.52 Å². The van der Waals surface area contributed by atoms with E-state index in [-0.39, 0.29) is 0 Å². The molecule has 0 aliphatic carbocycles. The van der Waals surface area contributed by atoms with Gasteiger partial charge in [-0.2, -0.15) is 0 Å². The second kappa shape index (κ2) is 5.72. The monoisotopic (exact) mass is 260 g/mol. The molecule has 1 aromatic carbocycles. The first-order valence-electron chi connectivity index (χ1n) is 6.96. The smallest absolute Gasteiger partial charge is 0.197 e. The molecule has 1 saturated heterocycles. The van der Waals surface area contributed by atoms with Crippen LogP contribution in [-0.4, -0.2) is 31.3 Å². The first-order chi connectivity index (χ1) is 9.36. The Morgan fingerprint density at radius 2 is 2.11 bits per heavy atom. The Kier molecular flexibility index (Phi) is 3.80. The van der Waals surface area contributed by atoms with Gasteiger partial charge >= 0.3 is 0 Å². The molecule has 0 spiro atoms. The lowest BCUT2D eigenvalue weighted by Crippen LogP contribution is -2.38. The van der Waals surface area contributed by atoms with E-state index in [1.165, 1.54) is 0 Å². The zero-order chi connectivity index (χ0) is 13.1. The van der Waals surface area contributed by atoms with Crippen LogP contribution in [0.1, 0.15) is 18.7 Å². The van der Waals surface area contributed by atoms with E-state index in [1.807, 2.05) is 31.3 Å².